The molecule has 1 fully saturated rings. The molecule has 0 spiro atoms. The van der Waals surface area contributed by atoms with E-state index in [0.717, 1.165) is 18.4 Å². The Morgan fingerprint density at radius 2 is 2.13 bits per heavy atom. The number of amides is 2. The molecule has 1 heterocycles. The lowest BCUT2D eigenvalue weighted by atomic mass is 9.97. The van der Waals surface area contributed by atoms with Gasteiger partial charge in [0, 0.05) is 12.3 Å². The molecule has 1 unspecified atom stereocenters. The van der Waals surface area contributed by atoms with Gasteiger partial charge < -0.3 is 4.74 Å². The summed E-state index contributed by atoms with van der Waals surface area (Å²) in [4.78, 5) is 26.2. The lowest BCUT2D eigenvalue weighted by Crippen LogP contribution is -2.43. The van der Waals surface area contributed by atoms with Gasteiger partial charge in [-0.05, 0) is 25.3 Å². The molecule has 2 amide bonds. The molecule has 1 aromatic rings. The molecule has 2 rings (SSSR count). The highest BCUT2D eigenvalue weighted by molar-refractivity contribution is 5.95. The first-order valence-electron chi connectivity index (χ1n) is 8.10. The van der Waals surface area contributed by atoms with Crippen molar-refractivity contribution < 1.29 is 14.3 Å². The summed E-state index contributed by atoms with van der Waals surface area (Å²) >= 11 is 0. The molecular formula is C19H23NO3. The maximum absolute atomic E-state index is 12.8. The van der Waals surface area contributed by atoms with Crippen molar-refractivity contribution in [1.82, 2.24) is 4.90 Å². The van der Waals surface area contributed by atoms with Crippen LogP contribution in [0.25, 0.3) is 0 Å². The number of benzene rings is 1. The fourth-order valence-corrected chi connectivity index (χ4v) is 2.85. The number of imide groups is 1. The summed E-state index contributed by atoms with van der Waals surface area (Å²) in [5, 5.41) is 0. The Morgan fingerprint density at radius 1 is 1.39 bits per heavy atom. The molecule has 0 saturated carbocycles. The average molecular weight is 313 g/mol. The van der Waals surface area contributed by atoms with Crippen LogP contribution in [0.5, 0.6) is 0 Å². The number of carbonyl (C=O) groups is 2. The molecule has 4 nitrogen and oxygen atoms in total. The third kappa shape index (κ3) is 4.35. The second-order valence-electron chi connectivity index (χ2n) is 5.75. The maximum atomic E-state index is 12.8. The van der Waals surface area contributed by atoms with Crippen LogP contribution in [-0.2, 0) is 16.0 Å². The van der Waals surface area contributed by atoms with Gasteiger partial charge in [0.25, 0.3) is 0 Å². The first-order chi connectivity index (χ1) is 11.2. The molecule has 0 aromatic heterocycles. The normalized spacial score (nSPS) is 18.1. The SMILES string of the molecule is CC#CCC(CCC)C(=O)N1C(=O)OC[C@H]1Cc1ccccc1. The van der Waals surface area contributed by atoms with Gasteiger partial charge in [0.2, 0.25) is 5.91 Å². The van der Waals surface area contributed by atoms with Crippen LogP contribution in [0.3, 0.4) is 0 Å². The summed E-state index contributed by atoms with van der Waals surface area (Å²) < 4.78 is 5.13. The zero-order chi connectivity index (χ0) is 16.7. The summed E-state index contributed by atoms with van der Waals surface area (Å²) in [5.41, 5.74) is 1.09. The highest BCUT2D eigenvalue weighted by Gasteiger charge is 2.40. The molecule has 1 aromatic carbocycles. The molecule has 1 aliphatic rings. The van der Waals surface area contributed by atoms with Crippen LogP contribution < -0.4 is 0 Å². The van der Waals surface area contributed by atoms with Gasteiger partial charge in [-0.25, -0.2) is 9.69 Å². The van der Waals surface area contributed by atoms with Crippen LogP contribution in [-0.4, -0.2) is 29.5 Å². The predicted molar refractivity (Wildman–Crippen MR) is 88.6 cm³/mol. The van der Waals surface area contributed by atoms with E-state index in [1.54, 1.807) is 6.92 Å². The van der Waals surface area contributed by atoms with Crippen LogP contribution in [0.1, 0.15) is 38.7 Å². The zero-order valence-corrected chi connectivity index (χ0v) is 13.7. The average Bonchev–Trinajstić information content (AvgIpc) is 2.92. The minimum Gasteiger partial charge on any atom is -0.447 e. The maximum Gasteiger partial charge on any atom is 0.416 e. The molecule has 2 atom stereocenters. The highest BCUT2D eigenvalue weighted by atomic mass is 16.6. The monoisotopic (exact) mass is 313 g/mol. The van der Waals surface area contributed by atoms with Crippen molar-refractivity contribution >= 4 is 12.0 Å². The Bertz CT molecular complexity index is 600. The standard InChI is InChI=1S/C19H23NO3/c1-3-5-12-16(9-4-2)18(21)20-17(14-23-19(20)22)13-15-10-7-6-8-11-15/h6-8,10-11,16-17H,4,9,12-14H2,1-2H3/t16?,17-/m1/s1. The lowest BCUT2D eigenvalue weighted by molar-refractivity contribution is -0.133. The van der Waals surface area contributed by atoms with Gasteiger partial charge >= 0.3 is 6.09 Å². The van der Waals surface area contributed by atoms with E-state index in [0.29, 0.717) is 12.8 Å². The van der Waals surface area contributed by atoms with Crippen molar-refractivity contribution in [3.05, 3.63) is 35.9 Å². The fraction of sp³-hybridized carbons (Fsp3) is 0.474. The number of rotatable bonds is 6. The second-order valence-corrected chi connectivity index (χ2v) is 5.75. The molecule has 0 bridgehead atoms. The molecule has 122 valence electrons. The minimum atomic E-state index is -0.526. The predicted octanol–water partition coefficient (Wildman–Crippen LogP) is 3.41. The van der Waals surface area contributed by atoms with Crippen LogP contribution in [0, 0.1) is 17.8 Å². The van der Waals surface area contributed by atoms with Crippen LogP contribution in [0.2, 0.25) is 0 Å². The van der Waals surface area contributed by atoms with Crippen molar-refractivity contribution in [3.8, 4) is 11.8 Å². The molecule has 0 N–H and O–H groups in total. The van der Waals surface area contributed by atoms with Crippen molar-refractivity contribution in [1.29, 1.82) is 0 Å². The summed E-state index contributed by atoms with van der Waals surface area (Å²) in [5.74, 6) is 5.40. The van der Waals surface area contributed by atoms with E-state index in [-0.39, 0.29) is 24.5 Å². The third-order valence-electron chi connectivity index (χ3n) is 4.02. The number of hydrogen-bond acceptors (Lipinski definition) is 3. The molecule has 0 aliphatic carbocycles. The second kappa shape index (κ2) is 8.38. The fourth-order valence-electron chi connectivity index (χ4n) is 2.85. The minimum absolute atomic E-state index is 0.155. The molecule has 23 heavy (non-hydrogen) atoms. The smallest absolute Gasteiger partial charge is 0.416 e. The summed E-state index contributed by atoms with van der Waals surface area (Å²) in [6.45, 7) is 4.05. The first kappa shape index (κ1) is 17.1. The summed E-state index contributed by atoms with van der Waals surface area (Å²) in [7, 11) is 0. The quantitative estimate of drug-likeness (QED) is 0.756. The van der Waals surface area contributed by atoms with E-state index in [9.17, 15) is 9.59 Å². The van der Waals surface area contributed by atoms with Crippen molar-refractivity contribution in [2.45, 2.75) is 45.6 Å². The van der Waals surface area contributed by atoms with Gasteiger partial charge in [-0.1, -0.05) is 43.7 Å². The summed E-state index contributed by atoms with van der Waals surface area (Å²) in [6.07, 6.45) is 2.20. The van der Waals surface area contributed by atoms with E-state index in [2.05, 4.69) is 11.8 Å². The van der Waals surface area contributed by atoms with Crippen LogP contribution in [0.4, 0.5) is 4.79 Å². The first-order valence-corrected chi connectivity index (χ1v) is 8.10. The molecule has 4 heteroatoms. The number of nitrogens with zero attached hydrogens (tertiary/aromatic N) is 1. The van der Waals surface area contributed by atoms with Crippen molar-refractivity contribution in [2.75, 3.05) is 6.61 Å². The van der Waals surface area contributed by atoms with Crippen LogP contribution in [0.15, 0.2) is 30.3 Å². The molecule has 1 aliphatic heterocycles. The summed E-state index contributed by atoms with van der Waals surface area (Å²) in [6, 6.07) is 9.62. The van der Waals surface area contributed by atoms with Crippen molar-refractivity contribution in [2.24, 2.45) is 5.92 Å². The Kier molecular flexibility index (Phi) is 6.22. The zero-order valence-electron chi connectivity index (χ0n) is 13.7. The largest absolute Gasteiger partial charge is 0.447 e. The van der Waals surface area contributed by atoms with Gasteiger partial charge in [-0.2, -0.15) is 0 Å². The van der Waals surface area contributed by atoms with Gasteiger partial charge in [0.05, 0.1) is 6.04 Å². The number of hydrogen-bond donors (Lipinski definition) is 0. The van der Waals surface area contributed by atoms with E-state index in [4.69, 9.17) is 4.74 Å². The van der Waals surface area contributed by atoms with Gasteiger partial charge in [-0.15, -0.1) is 11.8 Å². The van der Waals surface area contributed by atoms with Crippen molar-refractivity contribution in [3.63, 3.8) is 0 Å². The Balaban J connectivity index is 2.13. The van der Waals surface area contributed by atoms with E-state index >= 15 is 0 Å². The Labute approximate surface area is 137 Å². The Hall–Kier alpha value is -2.28. The number of carbonyl (C=O) groups excluding carboxylic acids is 2. The molecule has 0 radical (unpaired) electrons. The van der Waals surface area contributed by atoms with E-state index in [1.807, 2.05) is 37.3 Å². The van der Waals surface area contributed by atoms with Gasteiger partial charge in [0.1, 0.15) is 6.61 Å². The molecule has 1 saturated heterocycles. The van der Waals surface area contributed by atoms with Gasteiger partial charge in [0.15, 0.2) is 0 Å². The number of cyclic esters (lactones) is 1. The van der Waals surface area contributed by atoms with E-state index in [1.165, 1.54) is 4.90 Å². The van der Waals surface area contributed by atoms with Crippen LogP contribution >= 0.6 is 0 Å². The topological polar surface area (TPSA) is 46.6 Å². The number of ether oxygens (including phenoxy) is 1. The highest BCUT2D eigenvalue weighted by Crippen LogP contribution is 2.23. The lowest BCUT2D eigenvalue weighted by Gasteiger charge is -2.24. The van der Waals surface area contributed by atoms with Gasteiger partial charge in [-0.3, -0.25) is 4.79 Å². The Morgan fingerprint density at radius 3 is 2.78 bits per heavy atom. The molecular weight excluding hydrogens is 290 g/mol. The van der Waals surface area contributed by atoms with E-state index < -0.39 is 6.09 Å². The third-order valence-corrected chi connectivity index (χ3v) is 4.02.